The third kappa shape index (κ3) is 13.8. The van der Waals surface area contributed by atoms with Crippen molar-refractivity contribution in [2.75, 3.05) is 33.5 Å². The van der Waals surface area contributed by atoms with Gasteiger partial charge in [-0.25, -0.2) is 0 Å². The molecular weight excluding hydrogens is 214 g/mol. The SMILES string of the molecule is CCCCCCC(C)NCCOCCCOC. The van der Waals surface area contributed by atoms with Crippen molar-refractivity contribution in [3.05, 3.63) is 0 Å². The summed E-state index contributed by atoms with van der Waals surface area (Å²) in [6, 6.07) is 0.620. The van der Waals surface area contributed by atoms with Gasteiger partial charge >= 0.3 is 0 Å². The Morgan fingerprint density at radius 3 is 2.53 bits per heavy atom. The fraction of sp³-hybridized carbons (Fsp3) is 1.00. The Balaban J connectivity index is 3.08. The molecule has 0 aromatic heterocycles. The first-order valence-corrected chi connectivity index (χ1v) is 7.11. The fourth-order valence-electron chi connectivity index (χ4n) is 1.76. The predicted molar refractivity (Wildman–Crippen MR) is 73.5 cm³/mol. The van der Waals surface area contributed by atoms with E-state index in [9.17, 15) is 0 Å². The average molecular weight is 245 g/mol. The Kier molecular flexibility index (Phi) is 13.8. The van der Waals surface area contributed by atoms with E-state index in [1.165, 1.54) is 32.1 Å². The zero-order chi connectivity index (χ0) is 12.8. The van der Waals surface area contributed by atoms with Crippen LogP contribution in [0.15, 0.2) is 0 Å². The van der Waals surface area contributed by atoms with Gasteiger partial charge in [0.05, 0.1) is 6.61 Å². The van der Waals surface area contributed by atoms with Crippen molar-refractivity contribution in [1.82, 2.24) is 5.32 Å². The second-order valence-electron chi connectivity index (χ2n) is 4.66. The summed E-state index contributed by atoms with van der Waals surface area (Å²) in [4.78, 5) is 0. The zero-order valence-corrected chi connectivity index (χ0v) is 12.0. The van der Waals surface area contributed by atoms with Crippen LogP contribution in [0.25, 0.3) is 0 Å². The Hall–Kier alpha value is -0.120. The lowest BCUT2D eigenvalue weighted by Crippen LogP contribution is -2.29. The zero-order valence-electron chi connectivity index (χ0n) is 12.0. The minimum absolute atomic E-state index is 0.620. The van der Waals surface area contributed by atoms with Gasteiger partial charge in [0.2, 0.25) is 0 Å². The predicted octanol–water partition coefficient (Wildman–Crippen LogP) is 2.99. The molecule has 0 amide bonds. The van der Waals surface area contributed by atoms with E-state index in [2.05, 4.69) is 19.2 Å². The molecule has 3 nitrogen and oxygen atoms in total. The quantitative estimate of drug-likeness (QED) is 0.506. The molecule has 0 rings (SSSR count). The molecule has 1 atom stereocenters. The molecule has 0 saturated heterocycles. The molecule has 0 heterocycles. The van der Waals surface area contributed by atoms with Gasteiger partial charge in [-0.1, -0.05) is 32.6 Å². The van der Waals surface area contributed by atoms with Crippen molar-refractivity contribution >= 4 is 0 Å². The summed E-state index contributed by atoms with van der Waals surface area (Å²) < 4.78 is 10.4. The highest BCUT2D eigenvalue weighted by Crippen LogP contribution is 2.04. The second kappa shape index (κ2) is 13.9. The molecule has 1 unspecified atom stereocenters. The van der Waals surface area contributed by atoms with Gasteiger partial charge in [0.15, 0.2) is 0 Å². The van der Waals surface area contributed by atoms with Crippen LogP contribution >= 0.6 is 0 Å². The molecule has 1 N–H and O–H groups in total. The van der Waals surface area contributed by atoms with E-state index in [-0.39, 0.29) is 0 Å². The molecule has 0 aromatic rings. The van der Waals surface area contributed by atoms with Crippen molar-refractivity contribution in [3.63, 3.8) is 0 Å². The molecule has 0 saturated carbocycles. The molecule has 0 aliphatic rings. The van der Waals surface area contributed by atoms with E-state index in [1.54, 1.807) is 7.11 Å². The number of hydrogen-bond acceptors (Lipinski definition) is 3. The molecule has 104 valence electrons. The van der Waals surface area contributed by atoms with Crippen molar-refractivity contribution in [2.45, 2.75) is 58.4 Å². The minimum atomic E-state index is 0.620. The average Bonchev–Trinajstić information content (AvgIpc) is 2.33. The molecule has 3 heteroatoms. The van der Waals surface area contributed by atoms with E-state index in [0.717, 1.165) is 32.8 Å². The van der Waals surface area contributed by atoms with Gasteiger partial charge in [-0.05, 0) is 19.8 Å². The van der Waals surface area contributed by atoms with Crippen molar-refractivity contribution in [2.24, 2.45) is 0 Å². The maximum atomic E-state index is 5.49. The fourth-order valence-corrected chi connectivity index (χ4v) is 1.76. The summed E-state index contributed by atoms with van der Waals surface area (Å²) in [5, 5.41) is 3.49. The first-order valence-electron chi connectivity index (χ1n) is 7.11. The van der Waals surface area contributed by atoms with Crippen LogP contribution in [0.3, 0.4) is 0 Å². The largest absolute Gasteiger partial charge is 0.385 e. The molecule has 17 heavy (non-hydrogen) atoms. The van der Waals surface area contributed by atoms with Gasteiger partial charge in [0.25, 0.3) is 0 Å². The summed E-state index contributed by atoms with van der Waals surface area (Å²) in [6.07, 6.45) is 7.67. The molecule has 0 spiro atoms. The van der Waals surface area contributed by atoms with Crippen LogP contribution in [-0.4, -0.2) is 39.5 Å². The molecule has 0 radical (unpaired) electrons. The van der Waals surface area contributed by atoms with Crippen molar-refractivity contribution < 1.29 is 9.47 Å². The molecule has 0 bridgehead atoms. The maximum absolute atomic E-state index is 5.49. The van der Waals surface area contributed by atoms with E-state index in [1.807, 2.05) is 0 Å². The second-order valence-corrected chi connectivity index (χ2v) is 4.66. The standard InChI is InChI=1S/C14H31NO2/c1-4-5-6-7-9-14(2)15-10-13-17-12-8-11-16-3/h14-15H,4-13H2,1-3H3. The smallest absolute Gasteiger partial charge is 0.0591 e. The Morgan fingerprint density at radius 1 is 1.00 bits per heavy atom. The third-order valence-electron chi connectivity index (χ3n) is 2.87. The maximum Gasteiger partial charge on any atom is 0.0591 e. The molecular formula is C14H31NO2. The van der Waals surface area contributed by atoms with E-state index >= 15 is 0 Å². The van der Waals surface area contributed by atoms with Crippen LogP contribution in [-0.2, 0) is 9.47 Å². The van der Waals surface area contributed by atoms with Crippen LogP contribution in [0.1, 0.15) is 52.4 Å². The Bertz CT molecular complexity index is 142. The van der Waals surface area contributed by atoms with E-state index in [0.29, 0.717) is 6.04 Å². The van der Waals surface area contributed by atoms with Gasteiger partial charge in [-0.15, -0.1) is 0 Å². The van der Waals surface area contributed by atoms with E-state index in [4.69, 9.17) is 9.47 Å². The lowest BCUT2D eigenvalue weighted by molar-refractivity contribution is 0.103. The highest BCUT2D eigenvalue weighted by atomic mass is 16.5. The van der Waals surface area contributed by atoms with Crippen LogP contribution in [0.5, 0.6) is 0 Å². The van der Waals surface area contributed by atoms with Crippen molar-refractivity contribution in [3.8, 4) is 0 Å². The number of hydrogen-bond donors (Lipinski definition) is 1. The van der Waals surface area contributed by atoms with Crippen molar-refractivity contribution in [1.29, 1.82) is 0 Å². The summed E-state index contributed by atoms with van der Waals surface area (Å²) >= 11 is 0. The summed E-state index contributed by atoms with van der Waals surface area (Å²) in [5.41, 5.74) is 0. The van der Waals surface area contributed by atoms with Gasteiger partial charge in [-0.3, -0.25) is 0 Å². The van der Waals surface area contributed by atoms with Crippen LogP contribution in [0.2, 0.25) is 0 Å². The number of rotatable bonds is 13. The number of methoxy groups -OCH3 is 1. The summed E-state index contributed by atoms with van der Waals surface area (Å²) in [5.74, 6) is 0. The van der Waals surface area contributed by atoms with Gasteiger partial charge in [0.1, 0.15) is 0 Å². The molecule has 0 aromatic carbocycles. The minimum Gasteiger partial charge on any atom is -0.385 e. The lowest BCUT2D eigenvalue weighted by Gasteiger charge is -2.13. The number of nitrogens with one attached hydrogen (secondary N) is 1. The van der Waals surface area contributed by atoms with E-state index < -0.39 is 0 Å². The summed E-state index contributed by atoms with van der Waals surface area (Å²) in [7, 11) is 1.72. The normalized spacial score (nSPS) is 12.9. The number of unbranched alkanes of at least 4 members (excludes halogenated alkanes) is 3. The highest BCUT2D eigenvalue weighted by molar-refractivity contribution is 4.60. The Morgan fingerprint density at radius 2 is 1.82 bits per heavy atom. The van der Waals surface area contributed by atoms with Gasteiger partial charge < -0.3 is 14.8 Å². The monoisotopic (exact) mass is 245 g/mol. The first kappa shape index (κ1) is 16.9. The van der Waals surface area contributed by atoms with Gasteiger partial charge in [0, 0.05) is 32.9 Å². The van der Waals surface area contributed by atoms with Gasteiger partial charge in [-0.2, -0.15) is 0 Å². The van der Waals surface area contributed by atoms with Crippen LogP contribution < -0.4 is 5.32 Å². The third-order valence-corrected chi connectivity index (χ3v) is 2.87. The summed E-state index contributed by atoms with van der Waals surface area (Å²) in [6.45, 7) is 7.88. The highest BCUT2D eigenvalue weighted by Gasteiger charge is 2.00. The van der Waals surface area contributed by atoms with Crippen LogP contribution in [0, 0.1) is 0 Å². The van der Waals surface area contributed by atoms with Crippen LogP contribution in [0.4, 0.5) is 0 Å². The first-order chi connectivity index (χ1) is 8.31. The Labute approximate surface area is 107 Å². The lowest BCUT2D eigenvalue weighted by atomic mass is 10.1. The molecule has 0 fully saturated rings. The number of ether oxygens (including phenoxy) is 2. The topological polar surface area (TPSA) is 30.5 Å². The molecule has 0 aliphatic heterocycles. The molecule has 0 aliphatic carbocycles.